The van der Waals surface area contributed by atoms with Gasteiger partial charge in [-0.25, -0.2) is 4.98 Å². The summed E-state index contributed by atoms with van der Waals surface area (Å²) in [6.07, 6.45) is 2.57. The lowest BCUT2D eigenvalue weighted by molar-refractivity contribution is -0.120. The number of aromatic nitrogens is 2. The van der Waals surface area contributed by atoms with Crippen molar-refractivity contribution in [3.05, 3.63) is 65.4 Å². The second-order valence-corrected chi connectivity index (χ2v) is 6.20. The summed E-state index contributed by atoms with van der Waals surface area (Å²) in [5, 5.41) is 5.72. The molecule has 2 N–H and O–H groups in total. The predicted molar refractivity (Wildman–Crippen MR) is 101 cm³/mol. The van der Waals surface area contributed by atoms with Gasteiger partial charge >= 0.3 is 0 Å². The van der Waals surface area contributed by atoms with Gasteiger partial charge in [0, 0.05) is 13.1 Å². The number of rotatable bonds is 7. The molecule has 3 aromatic rings. The summed E-state index contributed by atoms with van der Waals surface area (Å²) in [4.78, 5) is 28.2. The van der Waals surface area contributed by atoms with Gasteiger partial charge in [0.05, 0.1) is 34.5 Å². The maximum atomic E-state index is 12.0. The van der Waals surface area contributed by atoms with Gasteiger partial charge in [-0.05, 0) is 30.7 Å². The first kappa shape index (κ1) is 17.9. The molecule has 0 unspecified atom stereocenters. The van der Waals surface area contributed by atoms with Crippen LogP contribution in [0.5, 0.6) is 0 Å². The third-order valence-corrected chi connectivity index (χ3v) is 4.28. The number of fused-ring (bicyclic) bond motifs is 1. The number of hydrogen-bond donors (Lipinski definition) is 2. The molecule has 2 aromatic carbocycles. The summed E-state index contributed by atoms with van der Waals surface area (Å²) in [5.41, 5.74) is 2.39. The first-order valence-corrected chi connectivity index (χ1v) is 8.72. The van der Waals surface area contributed by atoms with Crippen molar-refractivity contribution in [2.24, 2.45) is 0 Å². The van der Waals surface area contributed by atoms with Gasteiger partial charge in [0.15, 0.2) is 0 Å². The highest BCUT2D eigenvalue weighted by atomic mass is 35.5. The Labute approximate surface area is 156 Å². The highest BCUT2D eigenvalue weighted by Crippen LogP contribution is 2.14. The highest BCUT2D eigenvalue weighted by molar-refractivity contribution is 6.33. The van der Waals surface area contributed by atoms with Crippen LogP contribution in [0.15, 0.2) is 54.9 Å². The van der Waals surface area contributed by atoms with Crippen LogP contribution in [0.4, 0.5) is 0 Å². The number of nitrogens with one attached hydrogen (secondary N) is 2. The van der Waals surface area contributed by atoms with Crippen molar-refractivity contribution in [1.29, 1.82) is 0 Å². The second kappa shape index (κ2) is 8.49. The lowest BCUT2D eigenvalue weighted by Gasteiger charge is -2.08. The molecule has 0 saturated heterocycles. The molecule has 0 spiro atoms. The number of para-hydroxylation sites is 2. The molecule has 26 heavy (non-hydrogen) atoms. The lowest BCUT2D eigenvalue weighted by atomic mass is 10.2. The van der Waals surface area contributed by atoms with Crippen molar-refractivity contribution in [2.75, 3.05) is 13.1 Å². The van der Waals surface area contributed by atoms with Crippen LogP contribution in [0.2, 0.25) is 5.02 Å². The fraction of sp³-hybridized carbons (Fsp3) is 0.211. The van der Waals surface area contributed by atoms with Crippen LogP contribution in [0.25, 0.3) is 11.0 Å². The molecule has 1 heterocycles. The van der Waals surface area contributed by atoms with Gasteiger partial charge in [0.2, 0.25) is 5.91 Å². The standard InChI is InChI=1S/C19H19ClN4O2/c20-15-7-2-1-6-14(15)19(26)22-12-18(25)21-10-5-11-24-13-23-16-8-3-4-9-17(16)24/h1-4,6-9,13H,5,10-12H2,(H,21,25)(H,22,26). The first-order valence-electron chi connectivity index (χ1n) is 8.34. The van der Waals surface area contributed by atoms with Crippen LogP contribution in [0.1, 0.15) is 16.8 Å². The smallest absolute Gasteiger partial charge is 0.253 e. The maximum Gasteiger partial charge on any atom is 0.253 e. The molecule has 0 saturated carbocycles. The van der Waals surface area contributed by atoms with Crippen LogP contribution in [-0.2, 0) is 11.3 Å². The van der Waals surface area contributed by atoms with Gasteiger partial charge in [-0.3, -0.25) is 9.59 Å². The van der Waals surface area contributed by atoms with E-state index in [1.165, 1.54) is 0 Å². The summed E-state index contributed by atoms with van der Waals surface area (Å²) in [6.45, 7) is 1.19. The number of benzene rings is 2. The highest BCUT2D eigenvalue weighted by Gasteiger charge is 2.10. The van der Waals surface area contributed by atoms with E-state index >= 15 is 0 Å². The molecular formula is C19H19ClN4O2. The number of imidazole rings is 1. The van der Waals surface area contributed by atoms with Gasteiger partial charge in [-0.15, -0.1) is 0 Å². The molecule has 0 aliphatic carbocycles. The van der Waals surface area contributed by atoms with Crippen molar-refractivity contribution < 1.29 is 9.59 Å². The zero-order chi connectivity index (χ0) is 18.4. The van der Waals surface area contributed by atoms with Gasteiger partial charge in [0.25, 0.3) is 5.91 Å². The van der Waals surface area contributed by atoms with Crippen molar-refractivity contribution in [1.82, 2.24) is 20.2 Å². The molecule has 3 rings (SSSR count). The molecule has 6 nitrogen and oxygen atoms in total. The summed E-state index contributed by atoms with van der Waals surface area (Å²) in [7, 11) is 0. The number of carbonyl (C=O) groups excluding carboxylic acids is 2. The monoisotopic (exact) mass is 370 g/mol. The number of nitrogens with zero attached hydrogens (tertiary/aromatic N) is 2. The Hall–Kier alpha value is -2.86. The van der Waals surface area contributed by atoms with E-state index in [0.717, 1.165) is 24.0 Å². The van der Waals surface area contributed by atoms with E-state index in [4.69, 9.17) is 11.6 Å². The number of hydrogen-bond acceptors (Lipinski definition) is 3. The van der Waals surface area contributed by atoms with Crippen LogP contribution in [-0.4, -0.2) is 34.5 Å². The van der Waals surface area contributed by atoms with E-state index in [9.17, 15) is 9.59 Å². The van der Waals surface area contributed by atoms with Gasteiger partial charge in [-0.1, -0.05) is 35.9 Å². The molecule has 2 amide bonds. The zero-order valence-corrected chi connectivity index (χ0v) is 14.9. The third kappa shape index (κ3) is 4.40. The topological polar surface area (TPSA) is 76.0 Å². The minimum atomic E-state index is -0.365. The van der Waals surface area contributed by atoms with Crippen molar-refractivity contribution in [3.8, 4) is 0 Å². The summed E-state index contributed by atoms with van der Waals surface area (Å²) >= 11 is 5.96. The maximum absolute atomic E-state index is 12.0. The number of halogens is 1. The Morgan fingerprint density at radius 3 is 2.65 bits per heavy atom. The summed E-state index contributed by atoms with van der Waals surface area (Å²) in [6, 6.07) is 14.6. The molecule has 0 aliphatic rings. The molecule has 0 fully saturated rings. The predicted octanol–water partition coefficient (Wildman–Crippen LogP) is 2.63. The van der Waals surface area contributed by atoms with E-state index in [0.29, 0.717) is 17.1 Å². The Morgan fingerprint density at radius 2 is 1.81 bits per heavy atom. The molecule has 0 atom stereocenters. The molecule has 0 radical (unpaired) electrons. The van der Waals surface area contributed by atoms with E-state index in [2.05, 4.69) is 20.2 Å². The quantitative estimate of drug-likeness (QED) is 0.628. The molecule has 134 valence electrons. The number of carbonyl (C=O) groups is 2. The Kier molecular flexibility index (Phi) is 5.86. The average Bonchev–Trinajstić information content (AvgIpc) is 3.07. The Balaban J connectivity index is 1.39. The van der Waals surface area contributed by atoms with Crippen molar-refractivity contribution in [3.63, 3.8) is 0 Å². The molecule has 7 heteroatoms. The summed E-state index contributed by atoms with van der Waals surface area (Å²) in [5.74, 6) is -0.600. The van der Waals surface area contributed by atoms with Gasteiger partial charge in [-0.2, -0.15) is 0 Å². The number of amides is 2. The SMILES string of the molecule is O=C(CNC(=O)c1ccccc1Cl)NCCCn1cnc2ccccc21. The van der Waals surface area contributed by atoms with Crippen molar-refractivity contribution >= 4 is 34.4 Å². The fourth-order valence-corrected chi connectivity index (χ4v) is 2.85. The number of aryl methyl sites for hydroxylation is 1. The van der Waals surface area contributed by atoms with E-state index in [1.807, 2.05) is 24.3 Å². The van der Waals surface area contributed by atoms with Crippen LogP contribution >= 0.6 is 11.6 Å². The fourth-order valence-electron chi connectivity index (χ4n) is 2.63. The van der Waals surface area contributed by atoms with E-state index < -0.39 is 0 Å². The van der Waals surface area contributed by atoms with Crippen molar-refractivity contribution in [2.45, 2.75) is 13.0 Å². The summed E-state index contributed by atoms with van der Waals surface area (Å²) < 4.78 is 2.06. The average molecular weight is 371 g/mol. The third-order valence-electron chi connectivity index (χ3n) is 3.95. The largest absolute Gasteiger partial charge is 0.355 e. The normalized spacial score (nSPS) is 10.7. The van der Waals surface area contributed by atoms with E-state index in [-0.39, 0.29) is 18.4 Å². The molecular weight excluding hydrogens is 352 g/mol. The molecule has 1 aromatic heterocycles. The molecule has 0 bridgehead atoms. The lowest BCUT2D eigenvalue weighted by Crippen LogP contribution is -2.37. The van der Waals surface area contributed by atoms with Crippen LogP contribution in [0.3, 0.4) is 0 Å². The second-order valence-electron chi connectivity index (χ2n) is 5.79. The minimum absolute atomic E-state index is 0.0853. The van der Waals surface area contributed by atoms with Crippen LogP contribution < -0.4 is 10.6 Å². The van der Waals surface area contributed by atoms with Crippen LogP contribution in [0, 0.1) is 0 Å². The molecule has 0 aliphatic heterocycles. The Morgan fingerprint density at radius 1 is 1.04 bits per heavy atom. The first-order chi connectivity index (χ1) is 12.6. The Bertz CT molecular complexity index is 923. The zero-order valence-electron chi connectivity index (χ0n) is 14.1. The minimum Gasteiger partial charge on any atom is -0.355 e. The van der Waals surface area contributed by atoms with E-state index in [1.54, 1.807) is 30.6 Å². The van der Waals surface area contributed by atoms with Gasteiger partial charge in [0.1, 0.15) is 0 Å². The van der Waals surface area contributed by atoms with Gasteiger partial charge < -0.3 is 15.2 Å².